The molecular weight excluding hydrogens is 488 g/mol. The van der Waals surface area contributed by atoms with Crippen molar-refractivity contribution >= 4 is 43.0 Å². The predicted molar refractivity (Wildman–Crippen MR) is 126 cm³/mol. The van der Waals surface area contributed by atoms with Crippen LogP contribution in [0.25, 0.3) is 0 Å². The van der Waals surface area contributed by atoms with Crippen LogP contribution < -0.4 is 18.5 Å². The molecule has 0 radical (unpaired) electrons. The molecule has 0 spiro atoms. The lowest BCUT2D eigenvalue weighted by atomic mass is 10.1. The largest absolute Gasteiger partial charge is 0.497 e. The van der Waals surface area contributed by atoms with E-state index in [1.165, 1.54) is 61.0 Å². The Kier molecular flexibility index (Phi) is 6.17. The van der Waals surface area contributed by atoms with Gasteiger partial charge in [0.1, 0.15) is 16.4 Å². The summed E-state index contributed by atoms with van der Waals surface area (Å²) in [5.41, 5.74) is 1.44. The molecule has 8 nitrogen and oxygen atoms in total. The zero-order chi connectivity index (χ0) is 23.8. The topological polar surface area (TPSA) is 102 Å². The van der Waals surface area contributed by atoms with Gasteiger partial charge in [0.2, 0.25) is 0 Å². The molecule has 33 heavy (non-hydrogen) atoms. The van der Waals surface area contributed by atoms with Crippen molar-refractivity contribution < 1.29 is 26.3 Å². The number of halogens is 1. The fraction of sp³-hybridized carbons (Fsp3) is 0.182. The molecule has 174 valence electrons. The minimum Gasteiger partial charge on any atom is -0.497 e. The predicted octanol–water partition coefficient (Wildman–Crippen LogP) is 3.91. The number of sulfonamides is 2. The molecule has 0 amide bonds. The van der Waals surface area contributed by atoms with E-state index in [1.54, 1.807) is 18.2 Å². The number of fused-ring (bicyclic) bond motifs is 1. The minimum absolute atomic E-state index is 0.101. The third-order valence-electron chi connectivity index (χ3n) is 5.25. The van der Waals surface area contributed by atoms with Gasteiger partial charge in [0.05, 0.1) is 30.5 Å². The van der Waals surface area contributed by atoms with Crippen LogP contribution in [0.5, 0.6) is 11.5 Å². The van der Waals surface area contributed by atoms with Crippen molar-refractivity contribution in [1.29, 1.82) is 0 Å². The van der Waals surface area contributed by atoms with Crippen LogP contribution in [-0.2, 0) is 26.5 Å². The van der Waals surface area contributed by atoms with Gasteiger partial charge in [-0.3, -0.25) is 9.03 Å². The van der Waals surface area contributed by atoms with Crippen LogP contribution in [0.15, 0.2) is 70.5 Å². The summed E-state index contributed by atoms with van der Waals surface area (Å²) in [7, 11) is -5.09. The highest BCUT2D eigenvalue weighted by molar-refractivity contribution is 7.93. The number of anilines is 2. The number of benzene rings is 3. The van der Waals surface area contributed by atoms with Crippen molar-refractivity contribution in [3.8, 4) is 11.5 Å². The first-order chi connectivity index (χ1) is 15.7. The molecular formula is C22H21ClN2O6S2. The summed E-state index contributed by atoms with van der Waals surface area (Å²) >= 11 is 5.89. The van der Waals surface area contributed by atoms with Gasteiger partial charge >= 0.3 is 0 Å². The van der Waals surface area contributed by atoms with Crippen LogP contribution in [0.4, 0.5) is 11.4 Å². The first kappa shape index (κ1) is 23.2. The Labute approximate surface area is 197 Å². The Balaban J connectivity index is 1.69. The Morgan fingerprint density at radius 2 is 1.64 bits per heavy atom. The van der Waals surface area contributed by atoms with Crippen LogP contribution in [0, 0.1) is 0 Å². The average Bonchev–Trinajstić information content (AvgIpc) is 3.22. The molecule has 0 aliphatic carbocycles. The average molecular weight is 509 g/mol. The molecule has 4 rings (SSSR count). The van der Waals surface area contributed by atoms with E-state index >= 15 is 0 Å². The highest BCUT2D eigenvalue weighted by atomic mass is 35.5. The molecule has 0 atom stereocenters. The molecule has 0 saturated carbocycles. The lowest BCUT2D eigenvalue weighted by molar-refractivity contribution is 0.392. The quantitative estimate of drug-likeness (QED) is 0.519. The van der Waals surface area contributed by atoms with Gasteiger partial charge in [-0.2, -0.15) is 0 Å². The van der Waals surface area contributed by atoms with Crippen LogP contribution in [0.2, 0.25) is 5.02 Å². The van der Waals surface area contributed by atoms with Gasteiger partial charge in [0, 0.05) is 17.6 Å². The molecule has 1 aliphatic heterocycles. The van der Waals surface area contributed by atoms with Gasteiger partial charge < -0.3 is 9.47 Å². The molecule has 0 fully saturated rings. The van der Waals surface area contributed by atoms with Crippen molar-refractivity contribution in [2.45, 2.75) is 16.2 Å². The fourth-order valence-corrected chi connectivity index (χ4v) is 6.46. The van der Waals surface area contributed by atoms with E-state index in [0.29, 0.717) is 22.9 Å². The maximum Gasteiger partial charge on any atom is 0.265 e. The van der Waals surface area contributed by atoms with Crippen LogP contribution in [0.3, 0.4) is 0 Å². The van der Waals surface area contributed by atoms with Gasteiger partial charge in [-0.1, -0.05) is 17.7 Å². The van der Waals surface area contributed by atoms with Crippen LogP contribution in [-0.4, -0.2) is 37.6 Å². The molecule has 11 heteroatoms. The summed E-state index contributed by atoms with van der Waals surface area (Å²) in [6.45, 7) is 0.250. The number of rotatable bonds is 7. The van der Waals surface area contributed by atoms with Crippen molar-refractivity contribution in [3.05, 3.63) is 71.2 Å². The SMILES string of the molecule is COc1ccc(OC)c(S(=O)(=O)Nc2ccc3c(c2)N(S(=O)(=O)c2ccc(Cl)cc2)CC3)c1. The van der Waals surface area contributed by atoms with E-state index in [-0.39, 0.29) is 27.8 Å². The zero-order valence-electron chi connectivity index (χ0n) is 17.8. The molecule has 0 saturated heterocycles. The standard InChI is InChI=1S/C22H21ClN2O6S2/c1-30-18-7-10-21(31-2)22(14-18)32(26,27)24-17-6-3-15-11-12-25(20(15)13-17)33(28,29)19-8-4-16(23)5-9-19/h3-10,13-14,24H,11-12H2,1-2H3. The van der Waals surface area contributed by atoms with E-state index < -0.39 is 20.0 Å². The van der Waals surface area contributed by atoms with E-state index in [9.17, 15) is 16.8 Å². The van der Waals surface area contributed by atoms with Crippen molar-refractivity contribution in [2.75, 3.05) is 29.8 Å². The summed E-state index contributed by atoms with van der Waals surface area (Å²) < 4.78 is 66.7. The van der Waals surface area contributed by atoms with Gasteiger partial charge in [0.15, 0.2) is 0 Å². The number of ether oxygens (including phenoxy) is 2. The van der Waals surface area contributed by atoms with Crippen molar-refractivity contribution in [3.63, 3.8) is 0 Å². The second kappa shape index (κ2) is 8.77. The Bertz CT molecular complexity index is 1410. The lowest BCUT2D eigenvalue weighted by Gasteiger charge is -2.20. The summed E-state index contributed by atoms with van der Waals surface area (Å²) in [4.78, 5) is 0.00217. The van der Waals surface area contributed by atoms with Crippen LogP contribution >= 0.6 is 11.6 Å². The number of nitrogens with zero attached hydrogens (tertiary/aromatic N) is 1. The molecule has 0 unspecified atom stereocenters. The summed E-state index contributed by atoms with van der Waals surface area (Å²) in [6.07, 6.45) is 0.513. The first-order valence-electron chi connectivity index (χ1n) is 9.82. The second-order valence-electron chi connectivity index (χ2n) is 7.25. The normalized spacial score (nSPS) is 13.5. The molecule has 1 heterocycles. The maximum absolute atomic E-state index is 13.2. The minimum atomic E-state index is -4.05. The molecule has 1 N–H and O–H groups in total. The number of hydrogen-bond acceptors (Lipinski definition) is 6. The van der Waals surface area contributed by atoms with Gasteiger partial charge in [0.25, 0.3) is 20.0 Å². The summed E-state index contributed by atoms with van der Waals surface area (Å²) in [5.74, 6) is 0.502. The monoisotopic (exact) mass is 508 g/mol. The molecule has 0 aromatic heterocycles. The van der Waals surface area contributed by atoms with Crippen LogP contribution in [0.1, 0.15) is 5.56 Å². The highest BCUT2D eigenvalue weighted by Gasteiger charge is 2.31. The number of hydrogen-bond donors (Lipinski definition) is 1. The maximum atomic E-state index is 13.2. The zero-order valence-corrected chi connectivity index (χ0v) is 20.2. The highest BCUT2D eigenvalue weighted by Crippen LogP contribution is 2.36. The lowest BCUT2D eigenvalue weighted by Crippen LogP contribution is -2.29. The van der Waals surface area contributed by atoms with Gasteiger partial charge in [-0.15, -0.1) is 0 Å². The third-order valence-corrected chi connectivity index (χ3v) is 8.73. The van der Waals surface area contributed by atoms with Crippen molar-refractivity contribution in [2.24, 2.45) is 0 Å². The van der Waals surface area contributed by atoms with Gasteiger partial charge in [-0.25, -0.2) is 16.8 Å². The van der Waals surface area contributed by atoms with Gasteiger partial charge in [-0.05, 0) is 60.5 Å². The second-order valence-corrected chi connectivity index (χ2v) is 11.2. The Morgan fingerprint density at radius 1 is 0.909 bits per heavy atom. The molecule has 3 aromatic rings. The Morgan fingerprint density at radius 3 is 2.30 bits per heavy atom. The van der Waals surface area contributed by atoms with Crippen molar-refractivity contribution in [1.82, 2.24) is 0 Å². The smallest absolute Gasteiger partial charge is 0.265 e. The first-order valence-corrected chi connectivity index (χ1v) is 13.1. The Hall–Kier alpha value is -2.95. The third kappa shape index (κ3) is 4.46. The van der Waals surface area contributed by atoms with E-state index in [1.807, 2.05) is 0 Å². The number of methoxy groups -OCH3 is 2. The van der Waals surface area contributed by atoms with E-state index in [0.717, 1.165) is 5.56 Å². The molecule has 0 bridgehead atoms. The van der Waals surface area contributed by atoms with E-state index in [4.69, 9.17) is 21.1 Å². The summed E-state index contributed by atoms with van der Waals surface area (Å²) in [6, 6.07) is 15.2. The molecule has 1 aliphatic rings. The molecule has 3 aromatic carbocycles. The van der Waals surface area contributed by atoms with E-state index in [2.05, 4.69) is 4.72 Å². The number of nitrogens with one attached hydrogen (secondary N) is 1. The summed E-state index contributed by atoms with van der Waals surface area (Å²) in [5, 5.41) is 0.431. The fourth-order valence-electron chi connectivity index (χ4n) is 3.60.